The first-order valence-electron chi connectivity index (χ1n) is 11.2. The lowest BCUT2D eigenvalue weighted by Gasteiger charge is -2.26. The Balaban J connectivity index is 1.27. The highest BCUT2D eigenvalue weighted by Gasteiger charge is 2.32. The minimum absolute atomic E-state index is 0.171. The number of alkyl halides is 3. The summed E-state index contributed by atoms with van der Waals surface area (Å²) in [7, 11) is 0. The van der Waals surface area contributed by atoms with Crippen LogP contribution in [0.3, 0.4) is 0 Å². The van der Waals surface area contributed by atoms with Crippen LogP contribution in [0.2, 0.25) is 0 Å². The molecular formula is C26H23F3N4O2. The Morgan fingerprint density at radius 1 is 1.09 bits per heavy atom. The van der Waals surface area contributed by atoms with Gasteiger partial charge in [-0.25, -0.2) is 9.97 Å². The van der Waals surface area contributed by atoms with Crippen LogP contribution in [0.1, 0.15) is 23.4 Å². The fraction of sp³-hybridized carbons (Fsp3) is 0.231. The Morgan fingerprint density at radius 2 is 1.89 bits per heavy atom. The third-order valence-corrected chi connectivity index (χ3v) is 5.93. The fourth-order valence-electron chi connectivity index (χ4n) is 4.14. The Bertz CT molecular complexity index is 1330. The Labute approximate surface area is 200 Å². The Morgan fingerprint density at radius 3 is 2.57 bits per heavy atom. The maximum absolute atomic E-state index is 12.8. The molecule has 0 saturated heterocycles. The van der Waals surface area contributed by atoms with E-state index in [-0.39, 0.29) is 5.75 Å². The normalized spacial score (nSPS) is 14.7. The van der Waals surface area contributed by atoms with Gasteiger partial charge in [-0.05, 0) is 49.2 Å². The second kappa shape index (κ2) is 9.42. The number of nitrogens with zero attached hydrogens (tertiary/aromatic N) is 4. The minimum Gasteiger partial charge on any atom is -0.441 e. The monoisotopic (exact) mass is 480 g/mol. The highest BCUT2D eigenvalue weighted by molar-refractivity contribution is 5.71. The SMILES string of the molecule is Cc1oc(-c2ccc(-n3ccnc3)cc2)nc1CN1CC=C(c2ccccc2OC(F)(F)F)CC1. The van der Waals surface area contributed by atoms with Crippen LogP contribution >= 0.6 is 0 Å². The molecule has 0 amide bonds. The zero-order valence-corrected chi connectivity index (χ0v) is 19.0. The van der Waals surface area contributed by atoms with E-state index in [1.165, 1.54) is 12.1 Å². The minimum atomic E-state index is -4.72. The fourth-order valence-corrected chi connectivity index (χ4v) is 4.14. The molecule has 9 heteroatoms. The van der Waals surface area contributed by atoms with Crippen molar-refractivity contribution in [2.75, 3.05) is 13.1 Å². The van der Waals surface area contributed by atoms with Crippen molar-refractivity contribution < 1.29 is 22.3 Å². The Hall–Kier alpha value is -3.85. The molecule has 0 unspecified atom stereocenters. The highest BCUT2D eigenvalue weighted by Crippen LogP contribution is 2.34. The summed E-state index contributed by atoms with van der Waals surface area (Å²) < 4.78 is 50.4. The Kier molecular flexibility index (Phi) is 6.17. The molecule has 0 radical (unpaired) electrons. The number of para-hydroxylation sites is 1. The molecule has 0 bridgehead atoms. The van der Waals surface area contributed by atoms with Gasteiger partial charge in [-0.2, -0.15) is 0 Å². The zero-order chi connectivity index (χ0) is 24.4. The van der Waals surface area contributed by atoms with Gasteiger partial charge in [0.15, 0.2) is 0 Å². The van der Waals surface area contributed by atoms with Gasteiger partial charge in [0, 0.05) is 48.8 Å². The van der Waals surface area contributed by atoms with Crippen LogP contribution in [0.5, 0.6) is 5.75 Å². The van der Waals surface area contributed by atoms with Gasteiger partial charge in [-0.15, -0.1) is 13.2 Å². The molecule has 2 aromatic carbocycles. The van der Waals surface area contributed by atoms with Gasteiger partial charge in [0.2, 0.25) is 5.89 Å². The van der Waals surface area contributed by atoms with Crippen LogP contribution in [0.25, 0.3) is 22.7 Å². The van der Waals surface area contributed by atoms with Crippen LogP contribution < -0.4 is 4.74 Å². The number of benzene rings is 2. The summed E-state index contributed by atoms with van der Waals surface area (Å²) in [5.41, 5.74) is 4.04. The molecule has 1 aliphatic heterocycles. The molecule has 0 fully saturated rings. The van der Waals surface area contributed by atoms with Crippen molar-refractivity contribution in [3.8, 4) is 22.9 Å². The van der Waals surface area contributed by atoms with E-state index in [0.29, 0.717) is 37.5 Å². The maximum Gasteiger partial charge on any atom is 0.573 e. The summed E-state index contributed by atoms with van der Waals surface area (Å²) in [6.07, 6.45) is 3.18. The molecule has 5 rings (SSSR count). The summed E-state index contributed by atoms with van der Waals surface area (Å²) in [5.74, 6) is 1.13. The van der Waals surface area contributed by atoms with Crippen LogP contribution in [-0.2, 0) is 6.54 Å². The van der Waals surface area contributed by atoms with Crippen molar-refractivity contribution in [3.05, 3.63) is 90.3 Å². The second-order valence-electron chi connectivity index (χ2n) is 8.30. The topological polar surface area (TPSA) is 56.3 Å². The molecule has 3 heterocycles. The molecule has 0 atom stereocenters. The average Bonchev–Trinajstić information content (AvgIpc) is 3.50. The first-order valence-corrected chi connectivity index (χ1v) is 11.2. The molecule has 35 heavy (non-hydrogen) atoms. The average molecular weight is 480 g/mol. The van der Waals surface area contributed by atoms with Crippen LogP contribution in [0.4, 0.5) is 13.2 Å². The molecule has 0 N–H and O–H groups in total. The lowest BCUT2D eigenvalue weighted by Crippen LogP contribution is -2.28. The van der Waals surface area contributed by atoms with Crippen molar-refractivity contribution in [2.45, 2.75) is 26.3 Å². The van der Waals surface area contributed by atoms with E-state index in [9.17, 15) is 13.2 Å². The van der Waals surface area contributed by atoms with Gasteiger partial charge in [-0.3, -0.25) is 4.90 Å². The smallest absolute Gasteiger partial charge is 0.441 e. The van der Waals surface area contributed by atoms with Crippen LogP contribution in [0.15, 0.2) is 77.7 Å². The zero-order valence-electron chi connectivity index (χ0n) is 19.0. The molecule has 0 spiro atoms. The molecule has 4 aromatic rings. The highest BCUT2D eigenvalue weighted by atomic mass is 19.4. The predicted octanol–water partition coefficient (Wildman–Crippen LogP) is 6.02. The van der Waals surface area contributed by atoms with Gasteiger partial charge in [0.05, 0.1) is 12.0 Å². The largest absolute Gasteiger partial charge is 0.573 e. The molecule has 2 aromatic heterocycles. The predicted molar refractivity (Wildman–Crippen MR) is 125 cm³/mol. The van der Waals surface area contributed by atoms with E-state index in [2.05, 4.69) is 14.6 Å². The number of aryl methyl sites for hydroxylation is 1. The number of imidazole rings is 1. The number of ether oxygens (including phenoxy) is 1. The van der Waals surface area contributed by atoms with Gasteiger partial charge < -0.3 is 13.7 Å². The molecule has 180 valence electrons. The van der Waals surface area contributed by atoms with Crippen molar-refractivity contribution in [1.82, 2.24) is 19.4 Å². The lowest BCUT2D eigenvalue weighted by atomic mass is 9.98. The van der Waals surface area contributed by atoms with E-state index < -0.39 is 6.36 Å². The molecular weight excluding hydrogens is 457 g/mol. The van der Waals surface area contributed by atoms with E-state index in [0.717, 1.165) is 28.3 Å². The van der Waals surface area contributed by atoms with Crippen LogP contribution in [-0.4, -0.2) is 38.9 Å². The second-order valence-corrected chi connectivity index (χ2v) is 8.30. The number of halogens is 3. The van der Waals surface area contributed by atoms with E-state index >= 15 is 0 Å². The number of rotatable bonds is 6. The molecule has 0 saturated carbocycles. The number of oxazole rings is 1. The molecule has 6 nitrogen and oxygen atoms in total. The summed E-state index contributed by atoms with van der Waals surface area (Å²) in [5, 5.41) is 0. The van der Waals surface area contributed by atoms with E-state index in [1.54, 1.807) is 24.7 Å². The summed E-state index contributed by atoms with van der Waals surface area (Å²) in [6.45, 7) is 3.76. The molecule has 0 aliphatic carbocycles. The first kappa shape index (κ1) is 22.9. The third kappa shape index (κ3) is 5.30. The number of hydrogen-bond donors (Lipinski definition) is 0. The van der Waals surface area contributed by atoms with E-state index in [4.69, 9.17) is 9.40 Å². The first-order chi connectivity index (χ1) is 16.9. The maximum atomic E-state index is 12.8. The van der Waals surface area contributed by atoms with Crippen molar-refractivity contribution in [1.29, 1.82) is 0 Å². The third-order valence-electron chi connectivity index (χ3n) is 5.93. The molecule has 1 aliphatic rings. The van der Waals surface area contributed by atoms with Crippen molar-refractivity contribution in [2.24, 2.45) is 0 Å². The van der Waals surface area contributed by atoms with Gasteiger partial charge in [-0.1, -0.05) is 24.3 Å². The van der Waals surface area contributed by atoms with Crippen LogP contribution in [0, 0.1) is 6.92 Å². The number of hydrogen-bond acceptors (Lipinski definition) is 5. The van der Waals surface area contributed by atoms with Gasteiger partial charge >= 0.3 is 6.36 Å². The van der Waals surface area contributed by atoms with E-state index in [1.807, 2.05) is 48.0 Å². The van der Waals surface area contributed by atoms with Crippen molar-refractivity contribution in [3.63, 3.8) is 0 Å². The summed E-state index contributed by atoms with van der Waals surface area (Å²) in [6, 6.07) is 14.1. The van der Waals surface area contributed by atoms with Gasteiger partial charge in [0.25, 0.3) is 0 Å². The standard InChI is InChI=1S/C26H23F3N4O2/c1-18-23(31-25(34-18)20-6-8-21(9-7-20)33-15-12-30-17-33)16-32-13-10-19(11-14-32)22-4-2-3-5-24(22)35-26(27,28)29/h2-10,12,15,17H,11,13-14,16H2,1H3. The van der Waals surface area contributed by atoms with Gasteiger partial charge in [0.1, 0.15) is 11.5 Å². The quantitative estimate of drug-likeness (QED) is 0.338. The van der Waals surface area contributed by atoms with Crippen molar-refractivity contribution >= 4 is 5.57 Å². The number of aromatic nitrogens is 3. The summed E-state index contributed by atoms with van der Waals surface area (Å²) >= 11 is 0. The summed E-state index contributed by atoms with van der Waals surface area (Å²) in [4.78, 5) is 11.0. The lowest BCUT2D eigenvalue weighted by molar-refractivity contribution is -0.274.